The number of rotatable bonds is 7. The SMILES string of the molecule is CCC1(CC)C[C@@H](NC(=O)CN(c2cc(Cl)ccc2Cl)S(C)(=O)=O)c2ccccc2O1. The zero-order valence-corrected chi connectivity index (χ0v) is 20.0. The molecule has 1 atom stereocenters. The van der Waals surface area contributed by atoms with Crippen LogP contribution in [-0.4, -0.2) is 32.7 Å². The lowest BCUT2D eigenvalue weighted by molar-refractivity contribution is -0.121. The molecule has 0 bridgehead atoms. The number of halogens is 2. The lowest BCUT2D eigenvalue weighted by Crippen LogP contribution is -2.47. The van der Waals surface area contributed by atoms with Gasteiger partial charge in [-0.15, -0.1) is 0 Å². The predicted octanol–water partition coefficient (Wildman–Crippen LogP) is 4.96. The number of amides is 1. The van der Waals surface area contributed by atoms with Gasteiger partial charge in [0, 0.05) is 17.0 Å². The van der Waals surface area contributed by atoms with Crippen molar-refractivity contribution in [3.05, 3.63) is 58.1 Å². The number of carbonyl (C=O) groups is 1. The molecule has 6 nitrogen and oxygen atoms in total. The van der Waals surface area contributed by atoms with Gasteiger partial charge in [-0.25, -0.2) is 8.42 Å². The number of anilines is 1. The van der Waals surface area contributed by atoms with Crippen molar-refractivity contribution in [2.75, 3.05) is 17.1 Å². The topological polar surface area (TPSA) is 75.7 Å². The maximum absolute atomic E-state index is 13.0. The number of nitrogens with zero attached hydrogens (tertiary/aromatic N) is 1. The molecule has 0 spiro atoms. The van der Waals surface area contributed by atoms with Gasteiger partial charge in [0.05, 0.1) is 23.0 Å². The van der Waals surface area contributed by atoms with Gasteiger partial charge in [-0.05, 0) is 37.1 Å². The second kappa shape index (κ2) is 9.27. The van der Waals surface area contributed by atoms with Gasteiger partial charge in [-0.1, -0.05) is 55.2 Å². The molecular weight excluding hydrogens is 459 g/mol. The van der Waals surface area contributed by atoms with Gasteiger partial charge < -0.3 is 10.1 Å². The quantitative estimate of drug-likeness (QED) is 0.602. The normalized spacial score (nSPS) is 17.4. The maximum Gasteiger partial charge on any atom is 0.241 e. The molecule has 0 unspecified atom stereocenters. The average molecular weight is 485 g/mol. The summed E-state index contributed by atoms with van der Waals surface area (Å²) in [6.45, 7) is 3.70. The van der Waals surface area contributed by atoms with E-state index in [1.165, 1.54) is 12.1 Å². The first kappa shape index (κ1) is 23.7. The maximum atomic E-state index is 13.0. The van der Waals surface area contributed by atoms with E-state index in [4.69, 9.17) is 27.9 Å². The van der Waals surface area contributed by atoms with Gasteiger partial charge in [0.2, 0.25) is 15.9 Å². The van der Waals surface area contributed by atoms with E-state index in [9.17, 15) is 13.2 Å². The predicted molar refractivity (Wildman–Crippen MR) is 125 cm³/mol. The summed E-state index contributed by atoms with van der Waals surface area (Å²) >= 11 is 12.2. The van der Waals surface area contributed by atoms with Crippen LogP contribution in [0.4, 0.5) is 5.69 Å². The molecule has 168 valence electrons. The fraction of sp³-hybridized carbons (Fsp3) is 0.409. The number of hydrogen-bond acceptors (Lipinski definition) is 4. The molecule has 1 aliphatic heterocycles. The summed E-state index contributed by atoms with van der Waals surface area (Å²) in [5.74, 6) is 0.296. The van der Waals surface area contributed by atoms with Gasteiger partial charge in [0.15, 0.2) is 0 Å². The molecule has 0 fully saturated rings. The fourth-order valence-electron chi connectivity index (χ4n) is 3.86. The molecule has 0 saturated heterocycles. The smallest absolute Gasteiger partial charge is 0.241 e. The molecule has 9 heteroatoms. The van der Waals surface area contributed by atoms with Gasteiger partial charge >= 0.3 is 0 Å². The Morgan fingerprint density at radius 1 is 1.19 bits per heavy atom. The Kier molecular flexibility index (Phi) is 7.08. The molecule has 2 aromatic carbocycles. The second-order valence-corrected chi connectivity index (χ2v) is 10.5. The monoisotopic (exact) mass is 484 g/mol. The molecule has 1 heterocycles. The summed E-state index contributed by atoms with van der Waals surface area (Å²) in [5.41, 5.74) is 0.648. The van der Waals surface area contributed by atoms with E-state index in [-0.39, 0.29) is 22.4 Å². The van der Waals surface area contributed by atoms with Crippen LogP contribution in [-0.2, 0) is 14.8 Å². The number of carbonyl (C=O) groups excluding carboxylic acids is 1. The minimum atomic E-state index is -3.78. The van der Waals surface area contributed by atoms with Crippen LogP contribution < -0.4 is 14.4 Å². The number of para-hydroxylation sites is 1. The van der Waals surface area contributed by atoms with E-state index in [2.05, 4.69) is 19.2 Å². The molecule has 31 heavy (non-hydrogen) atoms. The van der Waals surface area contributed by atoms with Crippen LogP contribution in [0.2, 0.25) is 10.0 Å². The minimum absolute atomic E-state index is 0.163. The largest absolute Gasteiger partial charge is 0.487 e. The third-order valence-electron chi connectivity index (χ3n) is 5.69. The molecule has 0 aromatic heterocycles. The van der Waals surface area contributed by atoms with Gasteiger partial charge in [-0.2, -0.15) is 0 Å². The number of nitrogens with one attached hydrogen (secondary N) is 1. The standard InChI is InChI=1S/C22H26Cl2N2O4S/c1-4-22(5-2)13-18(16-8-6-7-9-20(16)30-22)25-21(27)14-26(31(3,28)29)19-12-15(23)10-11-17(19)24/h6-12,18H,4-5,13-14H2,1-3H3,(H,25,27)/t18-/m1/s1. The van der Waals surface area contributed by atoms with Crippen LogP contribution in [0.3, 0.4) is 0 Å². The molecular formula is C22H26Cl2N2O4S. The van der Waals surface area contributed by atoms with E-state index in [1.807, 2.05) is 24.3 Å². The zero-order valence-electron chi connectivity index (χ0n) is 17.7. The van der Waals surface area contributed by atoms with Gasteiger partial charge in [-0.3, -0.25) is 9.10 Å². The highest BCUT2D eigenvalue weighted by molar-refractivity contribution is 7.92. The van der Waals surface area contributed by atoms with Crippen molar-refractivity contribution < 1.29 is 17.9 Å². The van der Waals surface area contributed by atoms with Crippen LogP contribution in [0.25, 0.3) is 0 Å². The van der Waals surface area contributed by atoms with Crippen molar-refractivity contribution >= 4 is 44.8 Å². The Labute approximate surface area is 193 Å². The van der Waals surface area contributed by atoms with Crippen LogP contribution >= 0.6 is 23.2 Å². The molecule has 0 aliphatic carbocycles. The van der Waals surface area contributed by atoms with Crippen molar-refractivity contribution in [2.45, 2.75) is 44.8 Å². The van der Waals surface area contributed by atoms with Crippen LogP contribution in [0.5, 0.6) is 5.75 Å². The summed E-state index contributed by atoms with van der Waals surface area (Å²) < 4.78 is 32.1. The Morgan fingerprint density at radius 2 is 1.87 bits per heavy atom. The number of ether oxygens (including phenoxy) is 1. The van der Waals surface area contributed by atoms with Crippen LogP contribution in [0, 0.1) is 0 Å². The van der Waals surface area contributed by atoms with E-state index < -0.39 is 22.5 Å². The van der Waals surface area contributed by atoms with Crippen molar-refractivity contribution in [2.24, 2.45) is 0 Å². The summed E-state index contributed by atoms with van der Waals surface area (Å²) in [5, 5.41) is 3.52. The summed E-state index contributed by atoms with van der Waals surface area (Å²) in [4.78, 5) is 13.0. The highest BCUT2D eigenvalue weighted by atomic mass is 35.5. The minimum Gasteiger partial charge on any atom is -0.487 e. The average Bonchev–Trinajstić information content (AvgIpc) is 2.73. The number of hydrogen-bond donors (Lipinski definition) is 1. The van der Waals surface area contributed by atoms with Crippen molar-refractivity contribution in [1.29, 1.82) is 0 Å². The Morgan fingerprint density at radius 3 is 2.52 bits per heavy atom. The third kappa shape index (κ3) is 5.27. The molecule has 2 aromatic rings. The van der Waals surface area contributed by atoms with E-state index >= 15 is 0 Å². The number of fused-ring (bicyclic) bond motifs is 1. The lowest BCUT2D eigenvalue weighted by atomic mass is 9.83. The second-order valence-electron chi connectivity index (χ2n) is 7.72. The van der Waals surface area contributed by atoms with Crippen molar-refractivity contribution in [3.8, 4) is 5.75 Å². The van der Waals surface area contributed by atoms with Gasteiger partial charge in [0.1, 0.15) is 17.9 Å². The molecule has 3 rings (SSSR count). The van der Waals surface area contributed by atoms with Crippen molar-refractivity contribution in [3.63, 3.8) is 0 Å². The fourth-order valence-corrected chi connectivity index (χ4v) is 5.15. The first-order valence-corrected chi connectivity index (χ1v) is 12.7. The highest BCUT2D eigenvalue weighted by Gasteiger charge is 2.39. The Balaban J connectivity index is 1.88. The molecule has 1 amide bonds. The molecule has 0 radical (unpaired) electrons. The van der Waals surface area contributed by atoms with E-state index in [0.717, 1.165) is 34.7 Å². The Bertz CT molecular complexity index is 1070. The summed E-state index contributed by atoms with van der Waals surface area (Å²) in [6, 6.07) is 11.8. The van der Waals surface area contributed by atoms with E-state index in [0.29, 0.717) is 11.4 Å². The third-order valence-corrected chi connectivity index (χ3v) is 7.37. The first-order valence-electron chi connectivity index (χ1n) is 10.1. The summed E-state index contributed by atoms with van der Waals surface area (Å²) in [6.07, 6.45) is 3.20. The summed E-state index contributed by atoms with van der Waals surface area (Å²) in [7, 11) is -3.78. The van der Waals surface area contributed by atoms with E-state index in [1.54, 1.807) is 6.07 Å². The molecule has 0 saturated carbocycles. The van der Waals surface area contributed by atoms with Crippen molar-refractivity contribution in [1.82, 2.24) is 5.32 Å². The lowest BCUT2D eigenvalue weighted by Gasteiger charge is -2.41. The molecule has 1 aliphatic rings. The number of sulfonamides is 1. The molecule has 1 N–H and O–H groups in total. The van der Waals surface area contributed by atoms with Crippen LogP contribution in [0.1, 0.15) is 44.7 Å². The first-order chi connectivity index (χ1) is 14.6. The van der Waals surface area contributed by atoms with Gasteiger partial charge in [0.25, 0.3) is 0 Å². The Hall–Kier alpha value is -1.96. The zero-order chi connectivity index (χ0) is 22.8. The highest BCUT2D eigenvalue weighted by Crippen LogP contribution is 2.42. The number of benzene rings is 2. The van der Waals surface area contributed by atoms with Crippen LogP contribution in [0.15, 0.2) is 42.5 Å².